The van der Waals surface area contributed by atoms with Crippen LogP contribution in [0.25, 0.3) is 0 Å². The predicted molar refractivity (Wildman–Crippen MR) is 118 cm³/mol. The number of rotatable bonds is 11. The van der Waals surface area contributed by atoms with Crippen molar-refractivity contribution in [2.75, 3.05) is 19.6 Å². The molecule has 0 fully saturated rings. The van der Waals surface area contributed by atoms with E-state index in [1.165, 1.54) is 5.56 Å². The second-order valence-corrected chi connectivity index (χ2v) is 9.38. The van der Waals surface area contributed by atoms with E-state index in [2.05, 4.69) is 31.9 Å². The van der Waals surface area contributed by atoms with Gasteiger partial charge in [-0.15, -0.1) is 13.2 Å². The molecule has 4 heteroatoms. The minimum Gasteiger partial charge on any atom is -0.296 e. The fourth-order valence-corrected chi connectivity index (χ4v) is 4.42. The molecule has 0 unspecified atom stereocenters. The first kappa shape index (κ1) is 22.1. The van der Waals surface area contributed by atoms with Crippen LogP contribution >= 0.6 is 0 Å². The van der Waals surface area contributed by atoms with Gasteiger partial charge in [0.15, 0.2) is 9.84 Å². The zero-order chi connectivity index (χ0) is 20.6. The number of hydrogen-bond donors (Lipinski definition) is 0. The van der Waals surface area contributed by atoms with Crippen molar-refractivity contribution in [3.63, 3.8) is 0 Å². The van der Waals surface area contributed by atoms with Crippen LogP contribution in [0.4, 0.5) is 0 Å². The van der Waals surface area contributed by atoms with Gasteiger partial charge in [0.1, 0.15) is 0 Å². The Kier molecular flexibility index (Phi) is 8.21. The highest BCUT2D eigenvalue weighted by atomic mass is 32.2. The van der Waals surface area contributed by atoms with E-state index in [1.807, 2.05) is 48.6 Å². The largest absolute Gasteiger partial charge is 0.296 e. The fraction of sp³-hybridized carbons (Fsp3) is 0.333. The molecule has 0 aromatic heterocycles. The van der Waals surface area contributed by atoms with E-state index >= 15 is 0 Å². The Bertz CT molecular complexity index is 856. The molecule has 28 heavy (non-hydrogen) atoms. The SMILES string of the molecule is C=CCN(CC=C)CCc1ccc(CS(=O)(=O)c2ccc(C(C)C)cc2)cc1. The Balaban J connectivity index is 2.00. The van der Waals surface area contributed by atoms with Crippen LogP contribution in [0, 0.1) is 0 Å². The highest BCUT2D eigenvalue weighted by Crippen LogP contribution is 2.21. The first-order valence-electron chi connectivity index (χ1n) is 9.70. The summed E-state index contributed by atoms with van der Waals surface area (Å²) in [6.45, 7) is 14.3. The molecule has 0 amide bonds. The van der Waals surface area contributed by atoms with E-state index in [0.717, 1.165) is 37.2 Å². The van der Waals surface area contributed by atoms with Gasteiger partial charge in [0.2, 0.25) is 0 Å². The summed E-state index contributed by atoms with van der Waals surface area (Å²) in [6.07, 6.45) is 4.70. The Morgan fingerprint density at radius 3 is 1.93 bits per heavy atom. The maximum absolute atomic E-state index is 12.7. The summed E-state index contributed by atoms with van der Waals surface area (Å²) < 4.78 is 25.4. The molecule has 0 aliphatic rings. The average molecular weight is 398 g/mol. The molecule has 0 bridgehead atoms. The van der Waals surface area contributed by atoms with Crippen LogP contribution < -0.4 is 0 Å². The van der Waals surface area contributed by atoms with Crippen molar-refractivity contribution in [2.45, 2.75) is 36.8 Å². The van der Waals surface area contributed by atoms with Crippen molar-refractivity contribution in [3.05, 3.63) is 90.5 Å². The summed E-state index contributed by atoms with van der Waals surface area (Å²) in [7, 11) is -3.34. The molecule has 0 atom stereocenters. The van der Waals surface area contributed by atoms with E-state index in [4.69, 9.17) is 0 Å². The molecule has 0 spiro atoms. The molecule has 0 saturated heterocycles. The van der Waals surface area contributed by atoms with Gasteiger partial charge in [-0.3, -0.25) is 4.90 Å². The van der Waals surface area contributed by atoms with E-state index in [-0.39, 0.29) is 5.75 Å². The quantitative estimate of drug-likeness (QED) is 0.501. The van der Waals surface area contributed by atoms with Gasteiger partial charge in [0.25, 0.3) is 0 Å². The van der Waals surface area contributed by atoms with Crippen LogP contribution in [0.2, 0.25) is 0 Å². The molecule has 0 aliphatic heterocycles. The van der Waals surface area contributed by atoms with Crippen molar-refractivity contribution < 1.29 is 8.42 Å². The smallest absolute Gasteiger partial charge is 0.182 e. The van der Waals surface area contributed by atoms with Crippen LogP contribution in [0.1, 0.15) is 36.5 Å². The molecular formula is C24H31NO2S. The minimum absolute atomic E-state index is 0.0212. The lowest BCUT2D eigenvalue weighted by Gasteiger charge is -2.18. The third-order valence-corrected chi connectivity index (χ3v) is 6.48. The Labute approximate surface area is 170 Å². The summed E-state index contributed by atoms with van der Waals surface area (Å²) in [5.74, 6) is 0.408. The molecule has 150 valence electrons. The number of nitrogens with zero attached hydrogens (tertiary/aromatic N) is 1. The highest BCUT2D eigenvalue weighted by Gasteiger charge is 2.15. The maximum Gasteiger partial charge on any atom is 0.182 e. The number of sulfone groups is 1. The van der Waals surface area contributed by atoms with Crippen molar-refractivity contribution in [3.8, 4) is 0 Å². The van der Waals surface area contributed by atoms with E-state index < -0.39 is 9.84 Å². The fourth-order valence-electron chi connectivity index (χ4n) is 3.07. The van der Waals surface area contributed by atoms with Gasteiger partial charge >= 0.3 is 0 Å². The maximum atomic E-state index is 12.7. The summed E-state index contributed by atoms with van der Waals surface area (Å²) in [6, 6.07) is 15.1. The lowest BCUT2D eigenvalue weighted by Crippen LogP contribution is -2.26. The zero-order valence-corrected chi connectivity index (χ0v) is 17.8. The Morgan fingerprint density at radius 2 is 1.43 bits per heavy atom. The second-order valence-electron chi connectivity index (χ2n) is 7.39. The third kappa shape index (κ3) is 6.47. The standard InChI is InChI=1S/C24H31NO2S/c1-5-16-25(17-6-2)18-15-21-7-9-22(10-8-21)19-28(26,27)24-13-11-23(12-14-24)20(3)4/h5-14,20H,1-2,15-19H2,3-4H3. The highest BCUT2D eigenvalue weighted by molar-refractivity contribution is 7.90. The summed E-state index contributed by atoms with van der Waals surface area (Å²) in [4.78, 5) is 2.64. The Hall–Kier alpha value is -2.17. The van der Waals surface area contributed by atoms with Gasteiger partial charge in [0.05, 0.1) is 10.6 Å². The molecule has 3 nitrogen and oxygen atoms in total. The summed E-state index contributed by atoms with van der Waals surface area (Å²) >= 11 is 0. The topological polar surface area (TPSA) is 37.4 Å². The van der Waals surface area contributed by atoms with Crippen LogP contribution in [0.3, 0.4) is 0 Å². The molecule has 2 aromatic carbocycles. The lowest BCUT2D eigenvalue weighted by molar-refractivity contribution is 0.340. The third-order valence-electron chi connectivity index (χ3n) is 4.78. The average Bonchev–Trinajstić information content (AvgIpc) is 2.67. The predicted octanol–water partition coefficient (Wildman–Crippen LogP) is 5.00. The first-order chi connectivity index (χ1) is 13.4. The van der Waals surface area contributed by atoms with Crippen LogP contribution in [0.5, 0.6) is 0 Å². The van der Waals surface area contributed by atoms with Gasteiger partial charge in [-0.05, 0) is 41.2 Å². The van der Waals surface area contributed by atoms with Crippen molar-refractivity contribution in [2.24, 2.45) is 0 Å². The van der Waals surface area contributed by atoms with Gasteiger partial charge in [-0.2, -0.15) is 0 Å². The van der Waals surface area contributed by atoms with Gasteiger partial charge in [-0.1, -0.05) is 62.4 Å². The van der Waals surface area contributed by atoms with Gasteiger partial charge in [-0.25, -0.2) is 8.42 Å². The second kappa shape index (κ2) is 10.4. The Morgan fingerprint density at radius 1 is 0.893 bits per heavy atom. The van der Waals surface area contributed by atoms with E-state index in [9.17, 15) is 8.42 Å². The zero-order valence-electron chi connectivity index (χ0n) is 17.0. The van der Waals surface area contributed by atoms with Crippen molar-refractivity contribution in [1.29, 1.82) is 0 Å². The lowest BCUT2D eigenvalue weighted by atomic mass is 10.0. The number of hydrogen-bond acceptors (Lipinski definition) is 3. The molecule has 0 heterocycles. The van der Waals surface area contributed by atoms with Crippen molar-refractivity contribution in [1.82, 2.24) is 4.90 Å². The molecular weight excluding hydrogens is 366 g/mol. The molecule has 0 aliphatic carbocycles. The normalized spacial score (nSPS) is 11.7. The van der Waals surface area contributed by atoms with Gasteiger partial charge < -0.3 is 0 Å². The summed E-state index contributed by atoms with van der Waals surface area (Å²) in [5, 5.41) is 0. The monoisotopic (exact) mass is 397 g/mol. The first-order valence-corrected chi connectivity index (χ1v) is 11.4. The van der Waals surface area contributed by atoms with Crippen LogP contribution in [0.15, 0.2) is 78.7 Å². The molecule has 0 radical (unpaired) electrons. The summed E-state index contributed by atoms with van der Waals surface area (Å²) in [5.41, 5.74) is 3.15. The molecule has 2 rings (SSSR count). The number of benzene rings is 2. The van der Waals surface area contributed by atoms with Crippen molar-refractivity contribution >= 4 is 9.84 Å². The minimum atomic E-state index is -3.34. The van der Waals surface area contributed by atoms with Crippen LogP contribution in [-0.2, 0) is 22.0 Å². The molecule has 2 aromatic rings. The van der Waals surface area contributed by atoms with E-state index in [1.54, 1.807) is 12.1 Å². The van der Waals surface area contributed by atoms with Crippen LogP contribution in [-0.4, -0.2) is 33.0 Å². The molecule has 0 N–H and O–H groups in total. The van der Waals surface area contributed by atoms with Gasteiger partial charge in [0, 0.05) is 19.6 Å². The molecule has 0 saturated carbocycles. The van der Waals surface area contributed by atoms with E-state index in [0.29, 0.717) is 10.8 Å².